The van der Waals surface area contributed by atoms with Crippen LogP contribution in [0.4, 0.5) is 0 Å². The maximum atomic E-state index is 10.6. The van der Waals surface area contributed by atoms with Gasteiger partial charge in [0.25, 0.3) is 0 Å². The molecule has 1 aliphatic heterocycles. The summed E-state index contributed by atoms with van der Waals surface area (Å²) in [4.78, 5) is 12.9. The van der Waals surface area contributed by atoms with Gasteiger partial charge in [0.2, 0.25) is 0 Å². The summed E-state index contributed by atoms with van der Waals surface area (Å²) in [6.45, 7) is 4.24. The van der Waals surface area contributed by atoms with Crippen molar-refractivity contribution in [1.29, 1.82) is 0 Å². The number of carboxylic acid groups (broad SMARTS) is 1. The van der Waals surface area contributed by atoms with Crippen LogP contribution in [0.3, 0.4) is 0 Å². The van der Waals surface area contributed by atoms with Gasteiger partial charge in [-0.3, -0.25) is 4.90 Å². The third kappa shape index (κ3) is 4.88. The molecule has 0 saturated carbocycles. The normalized spacial score (nSPS) is 16.8. The van der Waals surface area contributed by atoms with Crippen molar-refractivity contribution in [1.82, 2.24) is 4.90 Å². The first kappa shape index (κ1) is 15.5. The summed E-state index contributed by atoms with van der Waals surface area (Å²) >= 11 is 0. The quantitative estimate of drug-likeness (QED) is 0.841. The smallest absolute Gasteiger partial charge is 0.328 e. The van der Waals surface area contributed by atoms with E-state index in [1.807, 2.05) is 18.2 Å². The molecule has 0 bridgehead atoms. The van der Waals surface area contributed by atoms with Crippen molar-refractivity contribution in [3.05, 3.63) is 35.4 Å². The summed E-state index contributed by atoms with van der Waals surface area (Å²) in [7, 11) is 1.65. The highest BCUT2D eigenvalue weighted by molar-refractivity contribution is 5.85. The van der Waals surface area contributed by atoms with Crippen molar-refractivity contribution in [3.8, 4) is 5.75 Å². The third-order valence-corrected chi connectivity index (χ3v) is 3.43. The summed E-state index contributed by atoms with van der Waals surface area (Å²) in [5.74, 6) is -0.121. The van der Waals surface area contributed by atoms with Crippen LogP contribution in [0.15, 0.2) is 24.3 Å². The highest BCUT2D eigenvalue weighted by Gasteiger charge is 2.12. The molecule has 1 saturated heterocycles. The molecule has 1 aliphatic rings. The number of carbonyl (C=O) groups is 1. The van der Waals surface area contributed by atoms with Crippen LogP contribution in [-0.4, -0.2) is 49.4 Å². The average Bonchev–Trinajstić information content (AvgIpc) is 2.74. The molecule has 0 aliphatic carbocycles. The van der Waals surface area contributed by atoms with Crippen molar-refractivity contribution in [2.24, 2.45) is 0 Å². The van der Waals surface area contributed by atoms with Crippen molar-refractivity contribution >= 4 is 12.0 Å². The van der Waals surface area contributed by atoms with Crippen molar-refractivity contribution in [2.45, 2.75) is 13.0 Å². The molecule has 0 amide bonds. The van der Waals surface area contributed by atoms with Gasteiger partial charge in [-0.1, -0.05) is 6.07 Å². The molecule has 1 N–H and O–H groups in total. The van der Waals surface area contributed by atoms with Gasteiger partial charge in [0.1, 0.15) is 5.75 Å². The van der Waals surface area contributed by atoms with E-state index in [-0.39, 0.29) is 0 Å². The van der Waals surface area contributed by atoms with Crippen LogP contribution in [0.1, 0.15) is 17.5 Å². The largest absolute Gasteiger partial charge is 0.496 e. The van der Waals surface area contributed by atoms with Gasteiger partial charge in [-0.15, -0.1) is 0 Å². The van der Waals surface area contributed by atoms with Crippen LogP contribution in [0.5, 0.6) is 5.75 Å². The fourth-order valence-electron chi connectivity index (χ4n) is 2.39. The number of hydrogen-bond acceptors (Lipinski definition) is 4. The van der Waals surface area contributed by atoms with E-state index in [4.69, 9.17) is 14.6 Å². The monoisotopic (exact) mass is 291 g/mol. The van der Waals surface area contributed by atoms with Crippen LogP contribution in [-0.2, 0) is 16.1 Å². The van der Waals surface area contributed by atoms with Crippen LogP contribution >= 0.6 is 0 Å². The second-order valence-corrected chi connectivity index (χ2v) is 4.98. The predicted molar refractivity (Wildman–Crippen MR) is 80.4 cm³/mol. The van der Waals surface area contributed by atoms with E-state index in [0.717, 1.165) is 62.2 Å². The number of carboxylic acids is 1. The zero-order chi connectivity index (χ0) is 15.1. The lowest BCUT2D eigenvalue weighted by Crippen LogP contribution is -2.26. The second kappa shape index (κ2) is 7.81. The first-order valence-electron chi connectivity index (χ1n) is 7.07. The van der Waals surface area contributed by atoms with E-state index in [2.05, 4.69) is 4.90 Å². The molecule has 114 valence electrons. The first-order valence-corrected chi connectivity index (χ1v) is 7.07. The van der Waals surface area contributed by atoms with Gasteiger partial charge in [0.05, 0.1) is 13.7 Å². The van der Waals surface area contributed by atoms with Crippen molar-refractivity contribution < 1.29 is 19.4 Å². The Morgan fingerprint density at radius 1 is 1.43 bits per heavy atom. The maximum Gasteiger partial charge on any atom is 0.328 e. The number of rotatable bonds is 5. The van der Waals surface area contributed by atoms with E-state index >= 15 is 0 Å². The molecule has 1 aromatic rings. The van der Waals surface area contributed by atoms with E-state index in [9.17, 15) is 4.79 Å². The maximum absolute atomic E-state index is 10.6. The predicted octanol–water partition coefficient (Wildman–Crippen LogP) is 2.02. The van der Waals surface area contributed by atoms with Crippen LogP contribution in [0, 0.1) is 0 Å². The minimum absolute atomic E-state index is 0.751. The molecule has 5 heteroatoms. The lowest BCUT2D eigenvalue weighted by molar-refractivity contribution is -0.131. The lowest BCUT2D eigenvalue weighted by atomic mass is 10.1. The molecular formula is C16H21NO4. The molecule has 1 heterocycles. The molecule has 0 aromatic heterocycles. The molecule has 0 radical (unpaired) electrons. The topological polar surface area (TPSA) is 59.0 Å². The van der Waals surface area contributed by atoms with Gasteiger partial charge in [-0.25, -0.2) is 4.79 Å². The van der Waals surface area contributed by atoms with Crippen LogP contribution < -0.4 is 4.74 Å². The Kier molecular flexibility index (Phi) is 5.78. The lowest BCUT2D eigenvalue weighted by Gasteiger charge is -2.20. The van der Waals surface area contributed by atoms with Gasteiger partial charge < -0.3 is 14.6 Å². The molecule has 0 atom stereocenters. The highest BCUT2D eigenvalue weighted by atomic mass is 16.5. The van der Waals surface area contributed by atoms with Crippen LogP contribution in [0.25, 0.3) is 6.08 Å². The van der Waals surface area contributed by atoms with E-state index < -0.39 is 5.97 Å². The number of ether oxygens (including phenoxy) is 2. The first-order chi connectivity index (χ1) is 10.2. The Morgan fingerprint density at radius 3 is 3.05 bits per heavy atom. The summed E-state index contributed by atoms with van der Waals surface area (Å²) in [6.07, 6.45) is 3.77. The number of aliphatic carboxylic acids is 1. The molecule has 0 unspecified atom stereocenters. The molecule has 1 aromatic carbocycles. The fourth-order valence-corrected chi connectivity index (χ4v) is 2.39. The zero-order valence-corrected chi connectivity index (χ0v) is 12.2. The Morgan fingerprint density at radius 2 is 2.29 bits per heavy atom. The van der Waals surface area contributed by atoms with Gasteiger partial charge >= 0.3 is 5.97 Å². The molecular weight excluding hydrogens is 270 g/mol. The Balaban J connectivity index is 2.14. The molecule has 0 spiro atoms. The summed E-state index contributed by atoms with van der Waals surface area (Å²) in [5.41, 5.74) is 1.92. The Bertz CT molecular complexity index is 505. The van der Waals surface area contributed by atoms with Crippen molar-refractivity contribution in [2.75, 3.05) is 33.4 Å². The SMILES string of the molecule is COc1ccc(C=CC(=O)O)cc1CN1CCCOCC1. The minimum atomic E-state index is -0.947. The third-order valence-electron chi connectivity index (χ3n) is 3.43. The Labute approximate surface area is 124 Å². The van der Waals surface area contributed by atoms with Gasteiger partial charge in [-0.2, -0.15) is 0 Å². The standard InChI is InChI=1S/C16H21NO4/c1-20-15-5-3-13(4-6-16(18)19)11-14(15)12-17-7-2-9-21-10-8-17/h3-6,11H,2,7-10,12H2,1H3,(H,18,19). The molecule has 2 rings (SSSR count). The van der Waals surface area contributed by atoms with Gasteiger partial charge in [0.15, 0.2) is 0 Å². The number of nitrogens with zero attached hydrogens (tertiary/aromatic N) is 1. The number of hydrogen-bond donors (Lipinski definition) is 1. The number of benzene rings is 1. The van der Waals surface area contributed by atoms with Crippen LogP contribution in [0.2, 0.25) is 0 Å². The van der Waals surface area contributed by atoms with E-state index in [1.54, 1.807) is 13.2 Å². The Hall–Kier alpha value is -1.85. The van der Waals surface area contributed by atoms with E-state index in [0.29, 0.717) is 0 Å². The summed E-state index contributed by atoms with van der Waals surface area (Å²) in [6, 6.07) is 5.71. The molecule has 5 nitrogen and oxygen atoms in total. The molecule has 21 heavy (non-hydrogen) atoms. The summed E-state index contributed by atoms with van der Waals surface area (Å²) in [5, 5.41) is 8.70. The minimum Gasteiger partial charge on any atom is -0.496 e. The zero-order valence-electron chi connectivity index (χ0n) is 12.2. The van der Waals surface area contributed by atoms with Crippen molar-refractivity contribution in [3.63, 3.8) is 0 Å². The number of methoxy groups -OCH3 is 1. The fraction of sp³-hybridized carbons (Fsp3) is 0.438. The van der Waals surface area contributed by atoms with Gasteiger partial charge in [0, 0.05) is 37.9 Å². The average molecular weight is 291 g/mol. The van der Waals surface area contributed by atoms with E-state index in [1.165, 1.54) is 0 Å². The van der Waals surface area contributed by atoms with Gasteiger partial charge in [-0.05, 0) is 30.2 Å². The second-order valence-electron chi connectivity index (χ2n) is 4.98. The summed E-state index contributed by atoms with van der Waals surface area (Å²) < 4.78 is 10.9. The molecule has 1 fully saturated rings. The highest BCUT2D eigenvalue weighted by Crippen LogP contribution is 2.22.